The standard InChI is InChI=1S/C24H26N4O4/c1-31-19-7-3-2-6-18(19)26-22(29)15-32-20-8-4-5-16-9-10-21(27-23(16)20)28-13-11-17(12-14-28)24(25)30/h2-10,17H,11-15H2,1H3,(H2,25,30)(H,26,29). The molecule has 0 unspecified atom stereocenters. The van der Waals surface area contributed by atoms with Crippen molar-refractivity contribution in [2.24, 2.45) is 11.7 Å². The van der Waals surface area contributed by atoms with Gasteiger partial charge in [-0.25, -0.2) is 4.98 Å². The number of carbonyl (C=O) groups excluding carboxylic acids is 2. The van der Waals surface area contributed by atoms with Gasteiger partial charge in [-0.05, 0) is 43.2 Å². The lowest BCUT2D eigenvalue weighted by molar-refractivity contribution is -0.122. The molecule has 0 atom stereocenters. The van der Waals surface area contributed by atoms with Crippen molar-refractivity contribution in [3.63, 3.8) is 0 Å². The smallest absolute Gasteiger partial charge is 0.262 e. The monoisotopic (exact) mass is 434 g/mol. The highest BCUT2D eigenvalue weighted by Gasteiger charge is 2.24. The van der Waals surface area contributed by atoms with Gasteiger partial charge in [0.15, 0.2) is 6.61 Å². The number of primary amides is 1. The van der Waals surface area contributed by atoms with E-state index in [2.05, 4.69) is 10.2 Å². The van der Waals surface area contributed by atoms with E-state index < -0.39 is 0 Å². The number of nitrogens with two attached hydrogens (primary N) is 1. The Morgan fingerprint density at radius 3 is 2.56 bits per heavy atom. The molecule has 1 fully saturated rings. The quantitative estimate of drug-likeness (QED) is 0.592. The van der Waals surface area contributed by atoms with Crippen LogP contribution >= 0.6 is 0 Å². The average molecular weight is 434 g/mol. The minimum absolute atomic E-state index is 0.0765. The lowest BCUT2D eigenvalue weighted by atomic mass is 9.96. The number of hydrogen-bond donors (Lipinski definition) is 2. The lowest BCUT2D eigenvalue weighted by Gasteiger charge is -2.31. The van der Waals surface area contributed by atoms with Crippen LogP contribution < -0.4 is 25.4 Å². The van der Waals surface area contributed by atoms with Crippen molar-refractivity contribution in [1.29, 1.82) is 0 Å². The molecule has 1 saturated heterocycles. The predicted octanol–water partition coefficient (Wildman–Crippen LogP) is 2.96. The SMILES string of the molecule is COc1ccccc1NC(=O)COc1cccc2ccc(N3CCC(C(N)=O)CC3)nc12. The van der Waals surface area contributed by atoms with E-state index in [1.165, 1.54) is 0 Å². The summed E-state index contributed by atoms with van der Waals surface area (Å²) in [5, 5.41) is 3.72. The normalized spacial score (nSPS) is 14.2. The van der Waals surface area contributed by atoms with E-state index in [0.717, 1.165) is 37.1 Å². The van der Waals surface area contributed by atoms with Crippen molar-refractivity contribution in [1.82, 2.24) is 4.98 Å². The van der Waals surface area contributed by atoms with Crippen molar-refractivity contribution in [2.75, 3.05) is 37.0 Å². The number of methoxy groups -OCH3 is 1. The van der Waals surface area contributed by atoms with Gasteiger partial charge in [0.2, 0.25) is 5.91 Å². The topological polar surface area (TPSA) is 107 Å². The number of carbonyl (C=O) groups is 2. The minimum atomic E-state index is -0.295. The van der Waals surface area contributed by atoms with Crippen molar-refractivity contribution in [2.45, 2.75) is 12.8 Å². The highest BCUT2D eigenvalue weighted by Crippen LogP contribution is 2.29. The van der Waals surface area contributed by atoms with Crippen molar-refractivity contribution >= 4 is 34.2 Å². The molecule has 4 rings (SSSR count). The minimum Gasteiger partial charge on any atom is -0.495 e. The summed E-state index contributed by atoms with van der Waals surface area (Å²) in [5.41, 5.74) is 6.71. The number of fused-ring (bicyclic) bond motifs is 1. The zero-order valence-corrected chi connectivity index (χ0v) is 17.9. The zero-order valence-electron chi connectivity index (χ0n) is 17.9. The van der Waals surface area contributed by atoms with E-state index in [9.17, 15) is 9.59 Å². The molecule has 1 aliphatic heterocycles. The zero-order chi connectivity index (χ0) is 22.5. The Morgan fingerprint density at radius 2 is 1.81 bits per heavy atom. The van der Waals surface area contributed by atoms with Gasteiger partial charge in [-0.15, -0.1) is 0 Å². The molecule has 2 amide bonds. The molecule has 2 aromatic carbocycles. The van der Waals surface area contributed by atoms with Gasteiger partial charge in [0.25, 0.3) is 5.91 Å². The lowest BCUT2D eigenvalue weighted by Crippen LogP contribution is -2.38. The van der Waals surface area contributed by atoms with Crippen LogP contribution in [-0.4, -0.2) is 43.6 Å². The number of aromatic nitrogens is 1. The molecule has 8 nitrogen and oxygen atoms in total. The highest BCUT2D eigenvalue weighted by molar-refractivity contribution is 5.94. The number of piperidine rings is 1. The third-order valence-electron chi connectivity index (χ3n) is 5.63. The molecule has 0 radical (unpaired) electrons. The van der Waals surface area contributed by atoms with Crippen LogP contribution in [0, 0.1) is 5.92 Å². The molecule has 1 aromatic heterocycles. The van der Waals surface area contributed by atoms with Gasteiger partial charge in [0.1, 0.15) is 22.8 Å². The Balaban J connectivity index is 1.46. The first-order chi connectivity index (χ1) is 15.5. The highest BCUT2D eigenvalue weighted by atomic mass is 16.5. The number of para-hydroxylation sites is 3. The molecule has 1 aliphatic rings. The second kappa shape index (κ2) is 9.55. The van der Waals surface area contributed by atoms with E-state index in [1.807, 2.05) is 36.4 Å². The molecule has 0 aliphatic carbocycles. The fraction of sp³-hybridized carbons (Fsp3) is 0.292. The third-order valence-corrected chi connectivity index (χ3v) is 5.63. The van der Waals surface area contributed by atoms with E-state index in [0.29, 0.717) is 22.7 Å². The van der Waals surface area contributed by atoms with Crippen LogP contribution in [0.3, 0.4) is 0 Å². The van der Waals surface area contributed by atoms with E-state index in [4.69, 9.17) is 20.2 Å². The maximum absolute atomic E-state index is 12.4. The molecule has 3 N–H and O–H groups in total. The fourth-order valence-corrected chi connectivity index (χ4v) is 3.87. The van der Waals surface area contributed by atoms with Crippen LogP contribution in [-0.2, 0) is 9.59 Å². The van der Waals surface area contributed by atoms with Crippen LogP contribution in [0.5, 0.6) is 11.5 Å². The van der Waals surface area contributed by atoms with Gasteiger partial charge in [0.05, 0.1) is 12.8 Å². The molecule has 2 heterocycles. The molecule has 8 heteroatoms. The number of anilines is 2. The Morgan fingerprint density at radius 1 is 1.06 bits per heavy atom. The van der Waals surface area contributed by atoms with Gasteiger partial charge in [0, 0.05) is 24.4 Å². The maximum atomic E-state index is 12.4. The Bertz CT molecular complexity index is 1130. The summed E-state index contributed by atoms with van der Waals surface area (Å²) < 4.78 is 11.1. The summed E-state index contributed by atoms with van der Waals surface area (Å²) in [6.07, 6.45) is 1.44. The molecule has 0 bridgehead atoms. The van der Waals surface area contributed by atoms with E-state index in [1.54, 1.807) is 25.3 Å². The van der Waals surface area contributed by atoms with Gasteiger partial charge < -0.3 is 25.4 Å². The number of rotatable bonds is 7. The Kier molecular flexibility index (Phi) is 6.39. The molecule has 0 spiro atoms. The van der Waals surface area contributed by atoms with Gasteiger partial charge >= 0.3 is 0 Å². The van der Waals surface area contributed by atoms with Gasteiger partial charge in [-0.3, -0.25) is 9.59 Å². The van der Waals surface area contributed by atoms with E-state index >= 15 is 0 Å². The number of ether oxygens (including phenoxy) is 2. The molecular formula is C24H26N4O4. The first-order valence-electron chi connectivity index (χ1n) is 10.5. The summed E-state index contributed by atoms with van der Waals surface area (Å²) in [6, 6.07) is 16.8. The number of nitrogens with zero attached hydrogens (tertiary/aromatic N) is 2. The number of benzene rings is 2. The summed E-state index contributed by atoms with van der Waals surface area (Å²) >= 11 is 0. The summed E-state index contributed by atoms with van der Waals surface area (Å²) in [5.74, 6) is 1.32. The first-order valence-corrected chi connectivity index (χ1v) is 10.5. The summed E-state index contributed by atoms with van der Waals surface area (Å²) in [4.78, 5) is 30.8. The molecule has 0 saturated carbocycles. The maximum Gasteiger partial charge on any atom is 0.262 e. The summed E-state index contributed by atoms with van der Waals surface area (Å²) in [6.45, 7) is 1.28. The second-order valence-corrected chi connectivity index (χ2v) is 7.70. The van der Waals surface area contributed by atoms with Crippen LogP contribution in [0.25, 0.3) is 10.9 Å². The van der Waals surface area contributed by atoms with Crippen LogP contribution in [0.1, 0.15) is 12.8 Å². The number of amides is 2. The van der Waals surface area contributed by atoms with Crippen LogP contribution in [0.4, 0.5) is 11.5 Å². The number of hydrogen-bond acceptors (Lipinski definition) is 6. The largest absolute Gasteiger partial charge is 0.495 e. The summed E-state index contributed by atoms with van der Waals surface area (Å²) in [7, 11) is 1.55. The Labute approximate surface area is 186 Å². The average Bonchev–Trinajstić information content (AvgIpc) is 2.82. The van der Waals surface area contributed by atoms with Crippen molar-refractivity contribution < 1.29 is 19.1 Å². The molecule has 166 valence electrons. The molecule has 32 heavy (non-hydrogen) atoms. The van der Waals surface area contributed by atoms with Crippen LogP contribution in [0.15, 0.2) is 54.6 Å². The number of nitrogens with one attached hydrogen (secondary N) is 1. The molecular weight excluding hydrogens is 408 g/mol. The Hall–Kier alpha value is -3.81. The second-order valence-electron chi connectivity index (χ2n) is 7.70. The predicted molar refractivity (Wildman–Crippen MR) is 123 cm³/mol. The van der Waals surface area contributed by atoms with E-state index in [-0.39, 0.29) is 24.3 Å². The van der Waals surface area contributed by atoms with Gasteiger partial charge in [-0.2, -0.15) is 0 Å². The van der Waals surface area contributed by atoms with Crippen molar-refractivity contribution in [3.8, 4) is 11.5 Å². The van der Waals surface area contributed by atoms with Gasteiger partial charge in [-0.1, -0.05) is 24.3 Å². The molecule has 3 aromatic rings. The van der Waals surface area contributed by atoms with Crippen LogP contribution in [0.2, 0.25) is 0 Å². The number of pyridine rings is 1. The van der Waals surface area contributed by atoms with Crippen molar-refractivity contribution in [3.05, 3.63) is 54.6 Å². The third kappa shape index (κ3) is 4.74. The first kappa shape index (κ1) is 21.4. The fourth-order valence-electron chi connectivity index (χ4n) is 3.87.